The van der Waals surface area contributed by atoms with Gasteiger partial charge < -0.3 is 40.8 Å². The summed E-state index contributed by atoms with van der Waals surface area (Å²) in [6.45, 7) is 20.8. The molecule has 2 saturated heterocycles. The van der Waals surface area contributed by atoms with Crippen LogP contribution < -0.4 is 21.3 Å². The molecular formula is C43H68N6O8. The smallest absolute Gasteiger partial charge is 0.408 e. The van der Waals surface area contributed by atoms with E-state index in [4.69, 9.17) is 9.47 Å². The van der Waals surface area contributed by atoms with Crippen LogP contribution in [0.2, 0.25) is 0 Å². The van der Waals surface area contributed by atoms with Crippen LogP contribution in [-0.2, 0) is 30.3 Å². The summed E-state index contributed by atoms with van der Waals surface area (Å²) in [7, 11) is 0. The molecule has 2 aliphatic heterocycles. The van der Waals surface area contributed by atoms with Crippen LogP contribution in [0.15, 0.2) is 54.1 Å². The van der Waals surface area contributed by atoms with Gasteiger partial charge in [-0.05, 0) is 107 Å². The summed E-state index contributed by atoms with van der Waals surface area (Å²) < 4.78 is 11.2. The number of piperidine rings is 1. The number of hydroxylamine groups is 2. The molecule has 2 heterocycles. The molecule has 2 fully saturated rings. The maximum atomic E-state index is 14.4. The molecule has 57 heavy (non-hydrogen) atoms. The first kappa shape index (κ1) is 46.9. The van der Waals surface area contributed by atoms with Gasteiger partial charge in [-0.25, -0.2) is 9.59 Å². The van der Waals surface area contributed by atoms with Gasteiger partial charge in [0.2, 0.25) is 17.7 Å². The Balaban J connectivity index is 1.75. The first-order chi connectivity index (χ1) is 26.5. The fourth-order valence-corrected chi connectivity index (χ4v) is 7.52. The van der Waals surface area contributed by atoms with Gasteiger partial charge in [0, 0.05) is 43.1 Å². The van der Waals surface area contributed by atoms with E-state index < -0.39 is 70.8 Å². The molecule has 14 heteroatoms. The van der Waals surface area contributed by atoms with Crippen LogP contribution in [0.5, 0.6) is 0 Å². The number of allylic oxidation sites excluding steroid dienone is 1. The number of alkyl carbamates (subject to hydrolysis) is 2. The Labute approximate surface area is 339 Å². The minimum atomic E-state index is -0.989. The lowest BCUT2D eigenvalue weighted by Gasteiger charge is -2.50. The summed E-state index contributed by atoms with van der Waals surface area (Å²) in [6.07, 6.45) is 6.11. The molecule has 5 N–H and O–H groups in total. The van der Waals surface area contributed by atoms with Gasteiger partial charge in [-0.2, -0.15) is 5.06 Å². The predicted octanol–water partition coefficient (Wildman–Crippen LogP) is 5.79. The minimum Gasteiger partial charge on any atom is -0.446 e. The maximum absolute atomic E-state index is 14.4. The Bertz CT molecular complexity index is 1580. The van der Waals surface area contributed by atoms with Crippen molar-refractivity contribution in [2.24, 2.45) is 5.92 Å². The number of hydrogen-bond acceptors (Lipinski definition) is 9. The summed E-state index contributed by atoms with van der Waals surface area (Å²) in [5.74, 6) is -1.77. The van der Waals surface area contributed by atoms with Crippen molar-refractivity contribution in [3.05, 3.63) is 59.7 Å². The van der Waals surface area contributed by atoms with Crippen molar-refractivity contribution < 1.29 is 38.7 Å². The third-order valence-electron chi connectivity index (χ3n) is 9.84. The van der Waals surface area contributed by atoms with E-state index in [2.05, 4.69) is 21.3 Å². The number of nitrogens with zero attached hydrogens (tertiary/aromatic N) is 2. The van der Waals surface area contributed by atoms with Crippen LogP contribution in [0, 0.1) is 5.92 Å². The van der Waals surface area contributed by atoms with Gasteiger partial charge in [-0.1, -0.05) is 54.1 Å². The number of ether oxygens (including phenoxy) is 2. The first-order valence-electron chi connectivity index (χ1n) is 20.2. The van der Waals surface area contributed by atoms with Crippen LogP contribution in [0.4, 0.5) is 9.59 Å². The standard InChI is InChI=1S/C43H68N6O8/c1-28(2)24-32(46-40(54)57-41(5,6)7)20-19-31(25-30-16-13-12-14-17-30)38(52)48-23-15-18-35(48)37(51)47-34(36(50)45-29(3)4)21-22-44-39(53)56-33-26-42(8,9)49(55)43(10,11)27-33/h12-14,16-17,19-20,24,29,31-35,55H,15,18,21-23,25-27H2,1-11H3,(H,44,53)(H,45,50)(H,46,54)(H,47,51)/b20-19+/t31-,32-,34+,35+/m1/s1. The maximum Gasteiger partial charge on any atom is 0.408 e. The lowest BCUT2D eigenvalue weighted by Crippen LogP contribution is -2.61. The SMILES string of the molecule is CC(C)=C[C@@H](/C=C/[C@H](Cc1ccccc1)C(=O)N1CCC[C@H]1C(=O)N[C@@H](CCNC(=O)OC1CC(C)(C)N(O)C(C)(C)C1)C(=O)NC(C)C)NC(=O)OC(C)(C)C. The van der Waals surface area contributed by atoms with Gasteiger partial charge >= 0.3 is 12.2 Å². The number of benzene rings is 1. The largest absolute Gasteiger partial charge is 0.446 e. The van der Waals surface area contributed by atoms with Crippen molar-refractivity contribution in [3.63, 3.8) is 0 Å². The highest BCUT2D eigenvalue weighted by molar-refractivity contribution is 5.93. The highest BCUT2D eigenvalue weighted by Crippen LogP contribution is 2.38. The molecule has 0 unspecified atom stereocenters. The van der Waals surface area contributed by atoms with Crippen LogP contribution in [-0.4, -0.2) is 105 Å². The quantitative estimate of drug-likeness (QED) is 0.138. The average molecular weight is 797 g/mol. The molecule has 4 atom stereocenters. The van der Waals surface area contributed by atoms with Crippen molar-refractivity contribution in [3.8, 4) is 0 Å². The van der Waals surface area contributed by atoms with Crippen molar-refractivity contribution >= 4 is 29.9 Å². The van der Waals surface area contributed by atoms with Crippen molar-refractivity contribution in [2.75, 3.05) is 13.1 Å². The van der Waals surface area contributed by atoms with Crippen molar-refractivity contribution in [1.29, 1.82) is 0 Å². The fraction of sp³-hybridized carbons (Fsp3) is 0.651. The molecule has 0 radical (unpaired) electrons. The zero-order valence-electron chi connectivity index (χ0n) is 35.9. The number of carbonyl (C=O) groups excluding carboxylic acids is 5. The summed E-state index contributed by atoms with van der Waals surface area (Å²) in [4.78, 5) is 68.8. The van der Waals surface area contributed by atoms with E-state index in [9.17, 15) is 29.2 Å². The summed E-state index contributed by atoms with van der Waals surface area (Å²) >= 11 is 0. The van der Waals surface area contributed by atoms with Gasteiger partial charge in [0.1, 0.15) is 23.8 Å². The molecule has 0 aromatic heterocycles. The van der Waals surface area contributed by atoms with E-state index in [1.165, 1.54) is 5.06 Å². The Morgan fingerprint density at radius 2 is 1.56 bits per heavy atom. The zero-order chi connectivity index (χ0) is 42.7. The second kappa shape index (κ2) is 20.3. The van der Waals surface area contributed by atoms with Crippen molar-refractivity contribution in [2.45, 2.75) is 162 Å². The Morgan fingerprint density at radius 3 is 2.14 bits per heavy atom. The van der Waals surface area contributed by atoms with Gasteiger partial charge in [-0.15, -0.1) is 0 Å². The number of likely N-dealkylation sites (tertiary alicyclic amines) is 1. The Kier molecular flexibility index (Phi) is 16.7. The number of rotatable bonds is 15. The number of nitrogens with one attached hydrogen (secondary N) is 4. The van der Waals surface area contributed by atoms with Crippen molar-refractivity contribution in [1.82, 2.24) is 31.2 Å². The molecule has 0 bridgehead atoms. The molecule has 0 aliphatic carbocycles. The lowest BCUT2D eigenvalue weighted by atomic mass is 9.80. The highest BCUT2D eigenvalue weighted by Gasteiger charge is 2.46. The van der Waals surface area contributed by atoms with E-state index in [-0.39, 0.29) is 24.9 Å². The Morgan fingerprint density at radius 1 is 0.930 bits per heavy atom. The van der Waals surface area contributed by atoms with Gasteiger partial charge in [-0.3, -0.25) is 14.4 Å². The normalized spacial score (nSPS) is 19.9. The summed E-state index contributed by atoms with van der Waals surface area (Å²) in [6, 6.07) is 7.04. The number of hydrogen-bond donors (Lipinski definition) is 5. The lowest BCUT2D eigenvalue weighted by molar-refractivity contribution is -0.256. The third-order valence-corrected chi connectivity index (χ3v) is 9.84. The molecule has 2 aliphatic rings. The fourth-order valence-electron chi connectivity index (χ4n) is 7.52. The number of carbonyl (C=O) groups is 5. The number of amides is 5. The highest BCUT2D eigenvalue weighted by atomic mass is 16.6. The third kappa shape index (κ3) is 15.1. The van der Waals surface area contributed by atoms with Crippen LogP contribution >= 0.6 is 0 Å². The molecule has 318 valence electrons. The summed E-state index contributed by atoms with van der Waals surface area (Å²) in [5, 5.41) is 23.2. The van der Waals surface area contributed by atoms with Crippen LogP contribution in [0.3, 0.4) is 0 Å². The molecule has 3 rings (SSSR count). The molecule has 1 aromatic rings. The van der Waals surface area contributed by atoms with Gasteiger partial charge in [0.15, 0.2) is 0 Å². The van der Waals surface area contributed by atoms with Crippen LogP contribution in [0.1, 0.15) is 114 Å². The average Bonchev–Trinajstić information content (AvgIpc) is 3.57. The van der Waals surface area contributed by atoms with Gasteiger partial charge in [0.05, 0.1) is 12.0 Å². The molecule has 14 nitrogen and oxygen atoms in total. The van der Waals surface area contributed by atoms with Gasteiger partial charge in [0.25, 0.3) is 0 Å². The minimum absolute atomic E-state index is 0.0440. The summed E-state index contributed by atoms with van der Waals surface area (Å²) in [5.41, 5.74) is 0.00488. The van der Waals surface area contributed by atoms with E-state index in [0.717, 1.165) is 11.1 Å². The zero-order valence-corrected chi connectivity index (χ0v) is 35.9. The van der Waals surface area contributed by atoms with E-state index in [1.54, 1.807) is 37.8 Å². The van der Waals surface area contributed by atoms with E-state index >= 15 is 0 Å². The molecular weight excluding hydrogens is 729 g/mol. The predicted molar refractivity (Wildman–Crippen MR) is 219 cm³/mol. The monoisotopic (exact) mass is 797 g/mol. The molecule has 0 spiro atoms. The second-order valence-electron chi connectivity index (χ2n) is 18.1. The topological polar surface area (TPSA) is 179 Å². The van der Waals surface area contributed by atoms with E-state index in [1.807, 2.05) is 91.8 Å². The van der Waals surface area contributed by atoms with E-state index in [0.29, 0.717) is 38.6 Å². The Hall–Kier alpha value is -4.43. The first-order valence-corrected chi connectivity index (χ1v) is 20.2. The van der Waals surface area contributed by atoms with Crippen LogP contribution in [0.25, 0.3) is 0 Å². The molecule has 1 aromatic carbocycles. The molecule has 5 amide bonds. The second-order valence-corrected chi connectivity index (χ2v) is 18.1. The molecule has 0 saturated carbocycles.